The zero-order chi connectivity index (χ0) is 37.1. The molecule has 5 N–H and O–H groups in total. The minimum Gasteiger partial charge on any atom is -0.507 e. The molecular formula is C38H38N8O7. The second-order valence-electron chi connectivity index (χ2n) is 13.0. The third kappa shape index (κ3) is 7.37. The molecule has 15 heteroatoms. The number of imide groups is 2. The number of aromatic nitrogens is 2. The number of amides is 5. The summed E-state index contributed by atoms with van der Waals surface area (Å²) in [6, 6.07) is 20.5. The summed E-state index contributed by atoms with van der Waals surface area (Å²) in [6.07, 6.45) is 0.757. The van der Waals surface area contributed by atoms with Gasteiger partial charge >= 0.3 is 0 Å². The average Bonchev–Trinajstić information content (AvgIpc) is 3.41. The van der Waals surface area contributed by atoms with E-state index in [1.807, 2.05) is 24.3 Å². The van der Waals surface area contributed by atoms with Crippen LogP contribution < -0.4 is 26.0 Å². The number of anilines is 2. The number of hydrogen-bond donors (Lipinski definition) is 4. The van der Waals surface area contributed by atoms with Gasteiger partial charge in [0.15, 0.2) is 11.6 Å². The second-order valence-corrected chi connectivity index (χ2v) is 13.0. The monoisotopic (exact) mass is 718 g/mol. The van der Waals surface area contributed by atoms with E-state index in [1.54, 1.807) is 58.3 Å². The molecule has 3 aromatic carbocycles. The third-order valence-electron chi connectivity index (χ3n) is 9.63. The fourth-order valence-electron chi connectivity index (χ4n) is 6.78. The quantitative estimate of drug-likeness (QED) is 0.123. The highest BCUT2D eigenvalue weighted by Crippen LogP contribution is 2.35. The molecule has 0 saturated carbocycles. The maximum Gasteiger partial charge on any atom is 0.264 e. The number of aromatic hydroxyl groups is 1. The molecule has 3 aliphatic rings. The number of hydrogen-bond acceptors (Lipinski definition) is 12. The van der Waals surface area contributed by atoms with Crippen molar-refractivity contribution in [1.29, 1.82) is 0 Å². The summed E-state index contributed by atoms with van der Waals surface area (Å²) in [6.45, 7) is 3.04. The van der Waals surface area contributed by atoms with E-state index in [0.717, 1.165) is 16.0 Å². The highest BCUT2D eigenvalue weighted by Gasteiger charge is 2.46. The molecule has 3 aliphatic heterocycles. The SMILES string of the molecule is Nc1nnc(-c2ccccc2O)cc1OCCc1ccc(CNCCN2CCN(c3cccc4c3C(=O)N(C3CCC(=O)NC3=O)C4=O)CC2=O)cc1. The van der Waals surface area contributed by atoms with Gasteiger partial charge in [0.1, 0.15) is 17.5 Å². The molecule has 1 aromatic heterocycles. The Labute approximate surface area is 304 Å². The van der Waals surface area contributed by atoms with E-state index in [0.29, 0.717) is 68.4 Å². The molecule has 53 heavy (non-hydrogen) atoms. The van der Waals surface area contributed by atoms with Crippen LogP contribution in [0.2, 0.25) is 0 Å². The zero-order valence-electron chi connectivity index (χ0n) is 28.8. The summed E-state index contributed by atoms with van der Waals surface area (Å²) in [7, 11) is 0. The Bertz CT molecular complexity index is 2090. The van der Waals surface area contributed by atoms with Crippen molar-refractivity contribution in [2.75, 3.05) is 50.0 Å². The Kier molecular flexibility index (Phi) is 9.99. The van der Waals surface area contributed by atoms with Gasteiger partial charge in [-0.05, 0) is 41.8 Å². The Morgan fingerprint density at radius 1 is 0.906 bits per heavy atom. The van der Waals surface area contributed by atoms with Crippen LogP contribution in [0.25, 0.3) is 11.3 Å². The number of nitrogens with one attached hydrogen (secondary N) is 2. The van der Waals surface area contributed by atoms with Gasteiger partial charge < -0.3 is 30.7 Å². The molecule has 5 amide bonds. The van der Waals surface area contributed by atoms with E-state index in [2.05, 4.69) is 20.8 Å². The van der Waals surface area contributed by atoms with Gasteiger partial charge in [-0.2, -0.15) is 0 Å². The highest BCUT2D eigenvalue weighted by atomic mass is 16.5. The lowest BCUT2D eigenvalue weighted by Gasteiger charge is -2.36. The lowest BCUT2D eigenvalue weighted by molar-refractivity contribution is -0.136. The number of para-hydroxylation sites is 1. The first-order chi connectivity index (χ1) is 25.7. The average molecular weight is 719 g/mol. The van der Waals surface area contributed by atoms with E-state index in [-0.39, 0.29) is 48.0 Å². The maximum absolute atomic E-state index is 13.5. The van der Waals surface area contributed by atoms with Crippen LogP contribution >= 0.6 is 0 Å². The predicted octanol–water partition coefficient (Wildman–Crippen LogP) is 1.89. The molecule has 0 bridgehead atoms. The van der Waals surface area contributed by atoms with Crippen LogP contribution in [0.5, 0.6) is 11.5 Å². The number of ether oxygens (including phenoxy) is 1. The summed E-state index contributed by atoms with van der Waals surface area (Å²) < 4.78 is 5.90. The first-order valence-corrected chi connectivity index (χ1v) is 17.4. The highest BCUT2D eigenvalue weighted by molar-refractivity contribution is 6.25. The van der Waals surface area contributed by atoms with Crippen LogP contribution in [0.3, 0.4) is 0 Å². The number of carbonyl (C=O) groups excluding carboxylic acids is 5. The number of nitrogen functional groups attached to an aromatic ring is 1. The van der Waals surface area contributed by atoms with E-state index in [4.69, 9.17) is 10.5 Å². The van der Waals surface area contributed by atoms with Gasteiger partial charge in [-0.3, -0.25) is 34.2 Å². The van der Waals surface area contributed by atoms with E-state index in [9.17, 15) is 29.1 Å². The summed E-state index contributed by atoms with van der Waals surface area (Å²) in [5.41, 5.74) is 9.99. The molecule has 15 nitrogen and oxygen atoms in total. The van der Waals surface area contributed by atoms with Gasteiger partial charge in [-0.25, -0.2) is 0 Å². The Morgan fingerprint density at radius 3 is 2.45 bits per heavy atom. The van der Waals surface area contributed by atoms with Crippen LogP contribution in [-0.2, 0) is 27.3 Å². The number of piperidine rings is 1. The summed E-state index contributed by atoms with van der Waals surface area (Å²) in [5, 5.41) is 23.8. The van der Waals surface area contributed by atoms with Crippen LogP contribution in [0.15, 0.2) is 72.8 Å². The maximum atomic E-state index is 13.5. The van der Waals surface area contributed by atoms with Gasteiger partial charge in [0.05, 0.1) is 30.0 Å². The standard InChI is InChI=1S/C38H38N8O7/c39-35-31(20-27(42-43-35)25-4-1-2-7-30(25)47)53-19-14-23-8-10-24(11-9-23)21-40-15-16-44-17-18-45(22-33(44)49)28-6-3-5-26-34(28)38(52)46(37(26)51)29-12-13-32(48)41-36(29)50/h1-11,20,29,40,47H,12-19,21-22H2,(H2,39,43)(H,41,48,50). The second kappa shape index (κ2) is 15.1. The molecule has 2 fully saturated rings. The van der Waals surface area contributed by atoms with Crippen LogP contribution in [-0.4, -0.2) is 100 Å². The van der Waals surface area contributed by atoms with Crippen LogP contribution in [0.1, 0.15) is 44.7 Å². The van der Waals surface area contributed by atoms with Crippen molar-refractivity contribution in [1.82, 2.24) is 30.6 Å². The number of nitrogens with zero attached hydrogens (tertiary/aromatic N) is 5. The van der Waals surface area contributed by atoms with Gasteiger partial charge in [0.2, 0.25) is 17.7 Å². The molecule has 0 radical (unpaired) electrons. The summed E-state index contributed by atoms with van der Waals surface area (Å²) in [4.78, 5) is 68.5. The number of phenols is 1. The molecule has 0 spiro atoms. The molecule has 2 saturated heterocycles. The van der Waals surface area contributed by atoms with Crippen LogP contribution in [0.4, 0.5) is 11.5 Å². The number of rotatable bonds is 12. The topological polar surface area (TPSA) is 200 Å². The van der Waals surface area contributed by atoms with Gasteiger partial charge in [-0.1, -0.05) is 42.5 Å². The largest absolute Gasteiger partial charge is 0.507 e. The molecule has 4 aromatic rings. The van der Waals surface area contributed by atoms with Gasteiger partial charge in [-0.15, -0.1) is 10.2 Å². The summed E-state index contributed by atoms with van der Waals surface area (Å²) >= 11 is 0. The van der Waals surface area contributed by atoms with Crippen molar-refractivity contribution < 1.29 is 33.8 Å². The number of benzene rings is 3. The molecule has 1 atom stereocenters. The molecular weight excluding hydrogens is 680 g/mol. The zero-order valence-corrected chi connectivity index (χ0v) is 28.8. The van der Waals surface area contributed by atoms with Crippen molar-refractivity contribution in [3.63, 3.8) is 0 Å². The van der Waals surface area contributed by atoms with Crippen molar-refractivity contribution >= 4 is 41.0 Å². The predicted molar refractivity (Wildman–Crippen MR) is 193 cm³/mol. The van der Waals surface area contributed by atoms with Crippen molar-refractivity contribution in [3.05, 3.63) is 95.1 Å². The fraction of sp³-hybridized carbons (Fsp3) is 0.289. The number of fused-ring (bicyclic) bond motifs is 1. The first-order valence-electron chi connectivity index (χ1n) is 17.4. The van der Waals surface area contributed by atoms with Crippen molar-refractivity contribution in [2.45, 2.75) is 31.8 Å². The van der Waals surface area contributed by atoms with E-state index < -0.39 is 29.7 Å². The van der Waals surface area contributed by atoms with Gasteiger partial charge in [0, 0.05) is 57.2 Å². The van der Waals surface area contributed by atoms with Crippen molar-refractivity contribution in [2.24, 2.45) is 0 Å². The molecule has 1 unspecified atom stereocenters. The molecule has 4 heterocycles. The number of piperazine rings is 1. The number of carbonyl (C=O) groups is 5. The van der Waals surface area contributed by atoms with Crippen LogP contribution in [0, 0.1) is 0 Å². The van der Waals surface area contributed by atoms with E-state index in [1.165, 1.54) is 0 Å². The molecule has 7 rings (SSSR count). The lowest BCUT2D eigenvalue weighted by Crippen LogP contribution is -2.54. The Balaban J connectivity index is 0.860. The van der Waals surface area contributed by atoms with Crippen molar-refractivity contribution in [3.8, 4) is 22.8 Å². The molecule has 272 valence electrons. The minimum absolute atomic E-state index is 0.0405. The third-order valence-corrected chi connectivity index (χ3v) is 9.63. The molecule has 0 aliphatic carbocycles. The Hall–Kier alpha value is -6.35. The Morgan fingerprint density at radius 2 is 1.68 bits per heavy atom. The minimum atomic E-state index is -1.06. The fourth-order valence-corrected chi connectivity index (χ4v) is 6.78. The number of phenolic OH excluding ortho intramolecular Hbond substituents is 1. The first kappa shape index (κ1) is 35.1. The smallest absolute Gasteiger partial charge is 0.264 e. The lowest BCUT2D eigenvalue weighted by atomic mass is 10.0. The normalized spacial score (nSPS) is 17.3. The van der Waals surface area contributed by atoms with E-state index >= 15 is 0 Å². The summed E-state index contributed by atoms with van der Waals surface area (Å²) in [5.74, 6) is -1.71. The number of nitrogens with two attached hydrogens (primary N) is 1. The van der Waals surface area contributed by atoms with Gasteiger partial charge in [0.25, 0.3) is 11.8 Å².